The monoisotopic (exact) mass is 273 g/mol. The smallest absolute Gasteiger partial charge is 0.386 e. The molecule has 0 saturated heterocycles. The van der Waals surface area contributed by atoms with Gasteiger partial charge in [-0.1, -0.05) is 6.92 Å². The Balaban J connectivity index is 2.49. The molecule has 1 heterocycles. The van der Waals surface area contributed by atoms with Gasteiger partial charge in [-0.15, -0.1) is 5.10 Å². The molecule has 0 radical (unpaired) electrons. The number of nitrogens with zero attached hydrogens (tertiary/aromatic N) is 2. The van der Waals surface area contributed by atoms with Crippen molar-refractivity contribution in [1.82, 2.24) is 0 Å². The number of nitrogens with two attached hydrogens (primary N) is 1. The van der Waals surface area contributed by atoms with Crippen LogP contribution < -0.4 is 5.73 Å². The van der Waals surface area contributed by atoms with E-state index < -0.39 is 17.6 Å². The lowest BCUT2D eigenvalue weighted by molar-refractivity contribution is -0.137. The van der Waals surface area contributed by atoms with Crippen LogP contribution >= 0.6 is 0 Å². The molecule has 1 unspecified atom stereocenters. The van der Waals surface area contributed by atoms with E-state index in [1.165, 1.54) is 0 Å². The quantitative estimate of drug-likeness (QED) is 0.786. The lowest BCUT2D eigenvalue weighted by Crippen LogP contribution is -2.25. The fraction of sp³-hybridized carbons (Fsp3) is 0.333. The normalized spacial score (nSPS) is 19.9. The van der Waals surface area contributed by atoms with Crippen molar-refractivity contribution in [2.24, 2.45) is 21.9 Å². The zero-order chi connectivity index (χ0) is 14.2. The Kier molecular flexibility index (Phi) is 3.30. The second-order valence-corrected chi connectivity index (χ2v) is 4.41. The van der Waals surface area contributed by atoms with Crippen LogP contribution in [0.4, 0.5) is 17.6 Å². The van der Waals surface area contributed by atoms with Crippen LogP contribution in [0.25, 0.3) is 0 Å². The SMILES string of the molecule is CC1CC(N)=NN=C1c1cc(F)cc(C(F)(F)F)c1. The molecular formula is C12H11F4N3. The highest BCUT2D eigenvalue weighted by atomic mass is 19.4. The first kappa shape index (κ1) is 13.5. The van der Waals surface area contributed by atoms with Gasteiger partial charge in [-0.2, -0.15) is 18.3 Å². The van der Waals surface area contributed by atoms with Crippen molar-refractivity contribution in [3.8, 4) is 0 Å². The average Bonchev–Trinajstić information content (AvgIpc) is 2.26. The van der Waals surface area contributed by atoms with Gasteiger partial charge in [0, 0.05) is 17.9 Å². The summed E-state index contributed by atoms with van der Waals surface area (Å²) in [6.07, 6.45) is -4.21. The van der Waals surface area contributed by atoms with Crippen LogP contribution in [-0.4, -0.2) is 11.5 Å². The number of hydrogen-bond acceptors (Lipinski definition) is 3. The van der Waals surface area contributed by atoms with E-state index in [0.717, 1.165) is 12.1 Å². The van der Waals surface area contributed by atoms with Crippen LogP contribution in [0.5, 0.6) is 0 Å². The summed E-state index contributed by atoms with van der Waals surface area (Å²) in [4.78, 5) is 0. The maximum absolute atomic E-state index is 13.3. The predicted octanol–water partition coefficient (Wildman–Crippen LogP) is 2.95. The van der Waals surface area contributed by atoms with Gasteiger partial charge in [0.2, 0.25) is 0 Å². The van der Waals surface area contributed by atoms with Crippen LogP contribution in [0, 0.1) is 11.7 Å². The molecule has 1 aliphatic heterocycles. The van der Waals surface area contributed by atoms with Crippen LogP contribution in [-0.2, 0) is 6.18 Å². The predicted molar refractivity (Wildman–Crippen MR) is 63.3 cm³/mol. The van der Waals surface area contributed by atoms with E-state index in [1.54, 1.807) is 6.92 Å². The van der Waals surface area contributed by atoms with Gasteiger partial charge in [0.25, 0.3) is 0 Å². The minimum absolute atomic E-state index is 0.0797. The van der Waals surface area contributed by atoms with Crippen molar-refractivity contribution in [2.45, 2.75) is 19.5 Å². The van der Waals surface area contributed by atoms with Crippen molar-refractivity contribution in [3.05, 3.63) is 35.1 Å². The lowest BCUT2D eigenvalue weighted by Gasteiger charge is -2.18. The van der Waals surface area contributed by atoms with E-state index in [2.05, 4.69) is 10.2 Å². The zero-order valence-electron chi connectivity index (χ0n) is 10.0. The summed E-state index contributed by atoms with van der Waals surface area (Å²) in [6, 6.07) is 2.34. The van der Waals surface area contributed by atoms with Crippen molar-refractivity contribution < 1.29 is 17.6 Å². The molecule has 0 fully saturated rings. The Morgan fingerprint density at radius 3 is 2.47 bits per heavy atom. The summed E-state index contributed by atoms with van der Waals surface area (Å²) in [6.45, 7) is 1.75. The van der Waals surface area contributed by atoms with Gasteiger partial charge in [-0.05, 0) is 18.2 Å². The zero-order valence-corrected chi connectivity index (χ0v) is 10.0. The molecule has 2 rings (SSSR count). The molecule has 0 bridgehead atoms. The van der Waals surface area contributed by atoms with Gasteiger partial charge >= 0.3 is 6.18 Å². The number of benzene rings is 1. The number of alkyl halides is 3. The largest absolute Gasteiger partial charge is 0.416 e. The Labute approximate surface area is 106 Å². The Bertz CT molecular complexity index is 561. The van der Waals surface area contributed by atoms with Gasteiger partial charge in [-0.25, -0.2) is 4.39 Å². The first-order valence-corrected chi connectivity index (χ1v) is 5.55. The molecule has 7 heteroatoms. The molecule has 102 valence electrons. The first-order valence-electron chi connectivity index (χ1n) is 5.55. The van der Waals surface area contributed by atoms with Gasteiger partial charge in [-0.3, -0.25) is 0 Å². The van der Waals surface area contributed by atoms with Gasteiger partial charge in [0.15, 0.2) is 0 Å². The van der Waals surface area contributed by atoms with Gasteiger partial charge in [0.05, 0.1) is 11.3 Å². The Morgan fingerprint density at radius 1 is 1.21 bits per heavy atom. The Hall–Kier alpha value is -1.92. The molecule has 0 aromatic heterocycles. The summed E-state index contributed by atoms with van der Waals surface area (Å²) >= 11 is 0. The van der Waals surface area contributed by atoms with Crippen LogP contribution in [0.1, 0.15) is 24.5 Å². The van der Waals surface area contributed by atoms with Crippen LogP contribution in [0.3, 0.4) is 0 Å². The van der Waals surface area contributed by atoms with E-state index in [1.807, 2.05) is 0 Å². The maximum Gasteiger partial charge on any atom is 0.416 e. The molecule has 1 aliphatic rings. The van der Waals surface area contributed by atoms with E-state index in [0.29, 0.717) is 24.0 Å². The van der Waals surface area contributed by atoms with Crippen molar-refractivity contribution >= 4 is 11.5 Å². The van der Waals surface area contributed by atoms with E-state index >= 15 is 0 Å². The topological polar surface area (TPSA) is 50.7 Å². The molecule has 1 aromatic rings. The minimum Gasteiger partial charge on any atom is -0.386 e. The van der Waals surface area contributed by atoms with Gasteiger partial charge < -0.3 is 5.73 Å². The molecule has 1 aromatic carbocycles. The average molecular weight is 273 g/mol. The van der Waals surface area contributed by atoms with E-state index in [-0.39, 0.29) is 11.5 Å². The fourth-order valence-electron chi connectivity index (χ4n) is 1.91. The number of amidine groups is 1. The highest BCUT2D eigenvalue weighted by molar-refractivity contribution is 6.05. The van der Waals surface area contributed by atoms with Gasteiger partial charge in [0.1, 0.15) is 11.7 Å². The number of halogens is 4. The minimum atomic E-state index is -4.60. The van der Waals surface area contributed by atoms with Crippen LogP contribution in [0.2, 0.25) is 0 Å². The summed E-state index contributed by atoms with van der Waals surface area (Å²) in [5, 5.41) is 7.41. The van der Waals surface area contributed by atoms with Crippen molar-refractivity contribution in [2.75, 3.05) is 0 Å². The molecule has 19 heavy (non-hydrogen) atoms. The second kappa shape index (κ2) is 4.64. The standard InChI is InChI=1S/C12H11F4N3/c1-6-2-10(17)18-19-11(6)7-3-8(12(14,15)16)5-9(13)4-7/h3-6H,2H2,1H3,(H2,17,18). The number of rotatable bonds is 1. The fourth-order valence-corrected chi connectivity index (χ4v) is 1.91. The molecule has 0 aliphatic carbocycles. The highest BCUT2D eigenvalue weighted by Gasteiger charge is 2.32. The summed E-state index contributed by atoms with van der Waals surface area (Å²) in [5.74, 6) is -0.855. The van der Waals surface area contributed by atoms with Crippen LogP contribution in [0.15, 0.2) is 28.4 Å². The third kappa shape index (κ3) is 2.91. The molecule has 0 amide bonds. The summed E-state index contributed by atoms with van der Waals surface area (Å²) in [7, 11) is 0. The van der Waals surface area contributed by atoms with E-state index in [4.69, 9.17) is 5.73 Å². The molecule has 1 atom stereocenters. The third-order valence-electron chi connectivity index (χ3n) is 2.79. The lowest BCUT2D eigenvalue weighted by atomic mass is 9.93. The molecule has 3 nitrogen and oxygen atoms in total. The Morgan fingerprint density at radius 2 is 1.89 bits per heavy atom. The third-order valence-corrected chi connectivity index (χ3v) is 2.79. The maximum atomic E-state index is 13.3. The first-order chi connectivity index (χ1) is 8.77. The van der Waals surface area contributed by atoms with Crippen molar-refractivity contribution in [1.29, 1.82) is 0 Å². The molecule has 0 spiro atoms. The molecule has 2 N–H and O–H groups in total. The van der Waals surface area contributed by atoms with Crippen molar-refractivity contribution in [3.63, 3.8) is 0 Å². The molecule has 0 saturated carbocycles. The molecular weight excluding hydrogens is 262 g/mol. The second-order valence-electron chi connectivity index (χ2n) is 4.41. The highest BCUT2D eigenvalue weighted by Crippen LogP contribution is 2.31. The van der Waals surface area contributed by atoms with E-state index in [9.17, 15) is 17.6 Å². The number of hydrogen-bond donors (Lipinski definition) is 1. The summed E-state index contributed by atoms with van der Waals surface area (Å²) in [5.41, 5.74) is 4.83. The summed E-state index contributed by atoms with van der Waals surface area (Å²) < 4.78 is 51.2.